The third-order valence-corrected chi connectivity index (χ3v) is 9.88. The van der Waals surface area contributed by atoms with Crippen LogP contribution in [-0.2, 0) is 41.6 Å². The van der Waals surface area contributed by atoms with E-state index in [1.54, 1.807) is 62.6 Å². The van der Waals surface area contributed by atoms with Crippen molar-refractivity contribution in [1.82, 2.24) is 31.1 Å². The number of carbonyl (C=O) groups is 6. The third kappa shape index (κ3) is 11.9. The van der Waals surface area contributed by atoms with E-state index in [0.717, 1.165) is 18.4 Å². The summed E-state index contributed by atoms with van der Waals surface area (Å²) >= 11 is 0. The number of fused-ring (bicyclic) bond motifs is 17. The number of hydrogen-bond acceptors (Lipinski definition) is 8. The minimum absolute atomic E-state index is 0.0723. The molecular weight excluding hydrogens is 692 g/mol. The molecule has 292 valence electrons. The van der Waals surface area contributed by atoms with Crippen LogP contribution in [0.15, 0.2) is 48.5 Å². The van der Waals surface area contributed by atoms with Gasteiger partial charge in [-0.1, -0.05) is 38.1 Å². The summed E-state index contributed by atoms with van der Waals surface area (Å²) < 4.78 is 11.4. The van der Waals surface area contributed by atoms with Crippen LogP contribution in [0.25, 0.3) is 0 Å². The molecule has 1 saturated carbocycles. The minimum atomic E-state index is -1.14. The van der Waals surface area contributed by atoms with E-state index in [-0.39, 0.29) is 62.2 Å². The zero-order chi connectivity index (χ0) is 38.8. The van der Waals surface area contributed by atoms with E-state index in [9.17, 15) is 28.8 Å². The molecule has 0 spiro atoms. The number of rotatable bonds is 10. The van der Waals surface area contributed by atoms with Crippen molar-refractivity contribution in [3.05, 3.63) is 59.7 Å². The van der Waals surface area contributed by atoms with Gasteiger partial charge in [-0.3, -0.25) is 28.8 Å². The van der Waals surface area contributed by atoms with Crippen molar-refractivity contribution in [3.63, 3.8) is 0 Å². The molecule has 0 unspecified atom stereocenters. The van der Waals surface area contributed by atoms with Gasteiger partial charge in [0.15, 0.2) is 0 Å². The molecule has 2 fully saturated rings. The van der Waals surface area contributed by atoms with Crippen LogP contribution < -0.4 is 30.7 Å². The number of carbonyl (C=O) groups excluding carboxylic acids is 6. The van der Waals surface area contributed by atoms with Gasteiger partial charge in [0.2, 0.25) is 35.4 Å². The second-order valence-electron chi connectivity index (χ2n) is 15.1. The Hall–Kier alpha value is -5.14. The first kappa shape index (κ1) is 40.1. The first-order chi connectivity index (χ1) is 25.9. The largest absolute Gasteiger partial charge is 0.497 e. The highest BCUT2D eigenvalue weighted by atomic mass is 16.5. The highest BCUT2D eigenvalue weighted by molar-refractivity contribution is 5.95. The van der Waals surface area contributed by atoms with Crippen molar-refractivity contribution in [2.75, 3.05) is 39.9 Å². The number of amides is 6. The number of likely N-dealkylation sites (tertiary alicyclic amines) is 1. The quantitative estimate of drug-likeness (QED) is 0.266. The summed E-state index contributed by atoms with van der Waals surface area (Å²) in [6.07, 6.45) is 3.76. The normalized spacial score (nSPS) is 23.4. The average molecular weight is 747 g/mol. The van der Waals surface area contributed by atoms with Crippen molar-refractivity contribution < 1.29 is 38.2 Å². The molecule has 6 amide bonds. The molecule has 6 rings (SSSR count). The van der Waals surface area contributed by atoms with Crippen molar-refractivity contribution in [3.8, 4) is 11.5 Å². The van der Waals surface area contributed by atoms with Gasteiger partial charge >= 0.3 is 0 Å². The van der Waals surface area contributed by atoms with E-state index in [2.05, 4.69) is 35.1 Å². The maximum absolute atomic E-state index is 14.1. The standard InChI is InChI=1S/C40H54N6O8/c1-25(2)18-30-24-54-32-15-11-28(12-16-32)19-33(43-36(48)22-45-17-5-6-37(45)49)39(51)44-34(20-27-9-13-31(53-4)14-10-27)38(50)41-26(3)40(52)46(21-29-7-8-29)23-35(47)42-30/h9-16,25-26,29-30,33-34H,5-8,17-24H2,1-4H3,(H,41,50)(H,42,47)(H,43,48)(H,44,51)/t26-,30+,33+,34+/m1/s1. The van der Waals surface area contributed by atoms with E-state index in [1.165, 1.54) is 9.80 Å². The Labute approximate surface area is 317 Å². The number of hydrogen-bond donors (Lipinski definition) is 4. The van der Waals surface area contributed by atoms with E-state index in [1.807, 2.05) is 0 Å². The van der Waals surface area contributed by atoms with Gasteiger partial charge < -0.3 is 40.5 Å². The number of nitrogens with one attached hydrogen (secondary N) is 4. The van der Waals surface area contributed by atoms with Gasteiger partial charge in [-0.05, 0) is 79.8 Å². The SMILES string of the molecule is COc1ccc(C[C@@H]2NC(=O)[C@@H](NC(=O)CN3CCCC3=O)Cc3ccc(cc3)OC[C@H](CC(C)C)NC(=O)CN(CC3CC3)C(=O)[C@@H](C)NC2=O)cc1. The Morgan fingerprint density at radius 2 is 1.67 bits per heavy atom. The Balaban J connectivity index is 1.45. The Bertz CT molecular complexity index is 1640. The summed E-state index contributed by atoms with van der Waals surface area (Å²) in [5, 5.41) is 11.5. The molecule has 4 N–H and O–H groups in total. The van der Waals surface area contributed by atoms with Crippen LogP contribution in [0.2, 0.25) is 0 Å². The molecule has 2 aromatic carbocycles. The van der Waals surface area contributed by atoms with Crippen LogP contribution in [0.1, 0.15) is 64.0 Å². The fraction of sp³-hybridized carbons (Fsp3) is 0.550. The molecule has 4 aliphatic rings. The second-order valence-corrected chi connectivity index (χ2v) is 15.1. The fourth-order valence-electron chi connectivity index (χ4n) is 6.81. The molecule has 14 nitrogen and oxygen atoms in total. The van der Waals surface area contributed by atoms with Crippen LogP contribution in [0.4, 0.5) is 0 Å². The number of ether oxygens (including phenoxy) is 2. The summed E-state index contributed by atoms with van der Waals surface area (Å²) in [6, 6.07) is 10.6. The summed E-state index contributed by atoms with van der Waals surface area (Å²) in [5.74, 6) is -0.821. The maximum atomic E-state index is 14.1. The number of nitrogens with zero attached hydrogens (tertiary/aromatic N) is 2. The van der Waals surface area contributed by atoms with Crippen molar-refractivity contribution in [1.29, 1.82) is 0 Å². The molecular formula is C40H54N6O8. The summed E-state index contributed by atoms with van der Waals surface area (Å²) in [6.45, 7) is 6.39. The smallest absolute Gasteiger partial charge is 0.245 e. The topological polar surface area (TPSA) is 175 Å². The molecule has 4 atom stereocenters. The summed E-state index contributed by atoms with van der Waals surface area (Å²) in [5.41, 5.74) is 1.43. The van der Waals surface area contributed by atoms with E-state index >= 15 is 0 Å². The van der Waals surface area contributed by atoms with Gasteiger partial charge in [0.1, 0.15) is 36.2 Å². The molecule has 3 aliphatic heterocycles. The van der Waals surface area contributed by atoms with Gasteiger partial charge in [0.25, 0.3) is 0 Å². The minimum Gasteiger partial charge on any atom is -0.497 e. The molecule has 0 aromatic heterocycles. The maximum Gasteiger partial charge on any atom is 0.245 e. The molecule has 3 heterocycles. The van der Waals surface area contributed by atoms with Crippen LogP contribution >= 0.6 is 0 Å². The molecule has 2 bridgehead atoms. The van der Waals surface area contributed by atoms with Gasteiger partial charge in [-0.2, -0.15) is 0 Å². The lowest BCUT2D eigenvalue weighted by molar-refractivity contribution is -0.140. The predicted octanol–water partition coefficient (Wildman–Crippen LogP) is 1.74. The Kier molecular flexibility index (Phi) is 13.9. The van der Waals surface area contributed by atoms with Gasteiger partial charge in [-0.15, -0.1) is 0 Å². The Morgan fingerprint density at radius 3 is 2.30 bits per heavy atom. The van der Waals surface area contributed by atoms with E-state index in [0.29, 0.717) is 49.4 Å². The Morgan fingerprint density at radius 1 is 0.944 bits per heavy atom. The lowest BCUT2D eigenvalue weighted by Gasteiger charge is -2.29. The van der Waals surface area contributed by atoms with Crippen LogP contribution in [0.5, 0.6) is 11.5 Å². The van der Waals surface area contributed by atoms with Gasteiger partial charge in [0.05, 0.1) is 26.2 Å². The van der Waals surface area contributed by atoms with Crippen molar-refractivity contribution in [2.24, 2.45) is 11.8 Å². The van der Waals surface area contributed by atoms with Crippen LogP contribution in [-0.4, -0.2) is 109 Å². The molecule has 54 heavy (non-hydrogen) atoms. The van der Waals surface area contributed by atoms with E-state index < -0.39 is 41.8 Å². The second kappa shape index (κ2) is 18.8. The first-order valence-corrected chi connectivity index (χ1v) is 19.0. The zero-order valence-corrected chi connectivity index (χ0v) is 31.7. The predicted molar refractivity (Wildman–Crippen MR) is 200 cm³/mol. The lowest BCUT2D eigenvalue weighted by atomic mass is 10.0. The molecule has 0 radical (unpaired) electrons. The summed E-state index contributed by atoms with van der Waals surface area (Å²) in [4.78, 5) is 83.9. The molecule has 1 saturated heterocycles. The number of methoxy groups -OCH3 is 1. The van der Waals surface area contributed by atoms with Gasteiger partial charge in [-0.25, -0.2) is 0 Å². The fourth-order valence-corrected chi connectivity index (χ4v) is 6.81. The van der Waals surface area contributed by atoms with Crippen molar-refractivity contribution >= 4 is 35.4 Å². The van der Waals surface area contributed by atoms with Crippen molar-refractivity contribution in [2.45, 2.75) is 89.9 Å². The number of benzene rings is 2. The first-order valence-electron chi connectivity index (χ1n) is 19.0. The molecule has 14 heteroatoms. The van der Waals surface area contributed by atoms with Crippen LogP contribution in [0, 0.1) is 11.8 Å². The monoisotopic (exact) mass is 746 g/mol. The lowest BCUT2D eigenvalue weighted by Crippen LogP contribution is -2.58. The third-order valence-electron chi connectivity index (χ3n) is 9.88. The highest BCUT2D eigenvalue weighted by Gasteiger charge is 2.34. The summed E-state index contributed by atoms with van der Waals surface area (Å²) in [7, 11) is 1.55. The van der Waals surface area contributed by atoms with Gasteiger partial charge in [0, 0.05) is 32.4 Å². The molecule has 2 aromatic rings. The van der Waals surface area contributed by atoms with E-state index in [4.69, 9.17) is 9.47 Å². The van der Waals surface area contributed by atoms with Crippen LogP contribution in [0.3, 0.4) is 0 Å². The zero-order valence-electron chi connectivity index (χ0n) is 31.7. The average Bonchev–Trinajstić information content (AvgIpc) is 3.87. The molecule has 1 aliphatic carbocycles. The highest BCUT2D eigenvalue weighted by Crippen LogP contribution is 2.30.